The van der Waals surface area contributed by atoms with E-state index in [1.54, 1.807) is 0 Å². The average Bonchev–Trinajstić information content (AvgIpc) is 2.46. The second-order valence-electron chi connectivity index (χ2n) is 5.14. The number of Topliss-reactive ketones (excluding diaryl/α,β-unsaturated/α-hetero) is 1. The summed E-state index contributed by atoms with van der Waals surface area (Å²) in [7, 11) is 1.89. The lowest BCUT2D eigenvalue weighted by atomic mass is 10.1. The van der Waals surface area contributed by atoms with Gasteiger partial charge in [-0.25, -0.2) is 18.0 Å². The molecule has 1 atom stereocenters. The quantitative estimate of drug-likeness (QED) is 0.671. The third-order valence-electron chi connectivity index (χ3n) is 3.57. The molecule has 0 spiro atoms. The SMILES string of the molecule is CN1CCN(c2c(F)cc(C(=O)C(F)C(=O)O)cc2F)CC1. The van der Waals surface area contributed by atoms with Crippen LogP contribution in [-0.4, -0.2) is 61.2 Å². The number of alkyl halides is 1. The number of likely N-dealkylation sites (N-methyl/N-ethyl adjacent to an activating group) is 1. The van der Waals surface area contributed by atoms with E-state index >= 15 is 0 Å². The molecule has 22 heavy (non-hydrogen) atoms. The first-order chi connectivity index (χ1) is 10.3. The number of benzene rings is 1. The van der Waals surface area contributed by atoms with Crippen LogP contribution in [0.5, 0.6) is 0 Å². The Bertz CT molecular complexity index is 578. The van der Waals surface area contributed by atoms with Crippen LogP contribution in [0.1, 0.15) is 10.4 Å². The van der Waals surface area contributed by atoms with Crippen LogP contribution in [-0.2, 0) is 4.79 Å². The second kappa shape index (κ2) is 6.35. The zero-order valence-electron chi connectivity index (χ0n) is 11.9. The van der Waals surface area contributed by atoms with Crippen molar-refractivity contribution < 1.29 is 27.9 Å². The molecule has 0 bridgehead atoms. The molecule has 1 aliphatic heterocycles. The van der Waals surface area contributed by atoms with Crippen LogP contribution in [0.2, 0.25) is 0 Å². The van der Waals surface area contributed by atoms with Crippen molar-refractivity contribution in [2.24, 2.45) is 0 Å². The van der Waals surface area contributed by atoms with Gasteiger partial charge < -0.3 is 14.9 Å². The summed E-state index contributed by atoms with van der Waals surface area (Å²) in [6.45, 7) is 2.09. The fourth-order valence-electron chi connectivity index (χ4n) is 2.30. The van der Waals surface area contributed by atoms with Gasteiger partial charge in [-0.05, 0) is 19.2 Å². The van der Waals surface area contributed by atoms with Gasteiger partial charge in [-0.3, -0.25) is 4.79 Å². The number of ketones is 1. The van der Waals surface area contributed by atoms with Crippen molar-refractivity contribution in [2.75, 3.05) is 38.1 Å². The summed E-state index contributed by atoms with van der Waals surface area (Å²) >= 11 is 0. The third-order valence-corrected chi connectivity index (χ3v) is 3.57. The van der Waals surface area contributed by atoms with E-state index in [2.05, 4.69) is 0 Å². The fourth-order valence-corrected chi connectivity index (χ4v) is 2.30. The Labute approximate surface area is 124 Å². The van der Waals surface area contributed by atoms with Crippen molar-refractivity contribution in [2.45, 2.75) is 6.17 Å². The van der Waals surface area contributed by atoms with Crippen molar-refractivity contribution in [1.82, 2.24) is 4.90 Å². The first kappa shape index (κ1) is 16.3. The van der Waals surface area contributed by atoms with Crippen LogP contribution in [0.25, 0.3) is 0 Å². The highest BCUT2D eigenvalue weighted by Gasteiger charge is 2.29. The molecule has 1 aromatic rings. The van der Waals surface area contributed by atoms with Crippen LogP contribution in [0.3, 0.4) is 0 Å². The Morgan fingerprint density at radius 1 is 1.14 bits per heavy atom. The molecule has 1 N–H and O–H groups in total. The van der Waals surface area contributed by atoms with Crippen molar-refractivity contribution in [3.05, 3.63) is 29.3 Å². The minimum Gasteiger partial charge on any atom is -0.479 e. The smallest absolute Gasteiger partial charge is 0.346 e. The summed E-state index contributed by atoms with van der Waals surface area (Å²) < 4.78 is 41.4. The molecular weight excluding hydrogens is 301 g/mol. The lowest BCUT2D eigenvalue weighted by molar-refractivity contribution is -0.140. The number of rotatable bonds is 4. The van der Waals surface area contributed by atoms with Crippen molar-refractivity contribution in [3.8, 4) is 0 Å². The number of hydrogen-bond acceptors (Lipinski definition) is 4. The van der Waals surface area contributed by atoms with Crippen LogP contribution >= 0.6 is 0 Å². The number of halogens is 3. The molecule has 1 unspecified atom stereocenters. The van der Waals surface area contributed by atoms with Crippen LogP contribution in [0.4, 0.5) is 18.9 Å². The highest BCUT2D eigenvalue weighted by Crippen LogP contribution is 2.26. The third kappa shape index (κ3) is 3.22. The van der Waals surface area contributed by atoms with Gasteiger partial charge in [0.2, 0.25) is 5.78 Å². The molecule has 1 aromatic carbocycles. The van der Waals surface area contributed by atoms with Crippen molar-refractivity contribution >= 4 is 17.4 Å². The van der Waals surface area contributed by atoms with E-state index in [0.717, 1.165) is 0 Å². The summed E-state index contributed by atoms with van der Waals surface area (Å²) in [5.74, 6) is -5.49. The van der Waals surface area contributed by atoms with Gasteiger partial charge in [0.1, 0.15) is 17.3 Å². The van der Waals surface area contributed by atoms with Crippen LogP contribution in [0.15, 0.2) is 12.1 Å². The average molecular weight is 316 g/mol. The monoisotopic (exact) mass is 316 g/mol. The molecule has 0 radical (unpaired) electrons. The fraction of sp³-hybridized carbons (Fsp3) is 0.429. The molecule has 0 saturated carbocycles. The van der Waals surface area contributed by atoms with E-state index in [1.165, 1.54) is 4.90 Å². The number of nitrogens with zero attached hydrogens (tertiary/aromatic N) is 2. The maximum absolute atomic E-state index is 14.1. The molecule has 1 aliphatic rings. The molecule has 2 rings (SSSR count). The Morgan fingerprint density at radius 2 is 1.64 bits per heavy atom. The molecular formula is C14H15F3N2O3. The number of carboxylic acid groups (broad SMARTS) is 1. The maximum atomic E-state index is 14.1. The highest BCUT2D eigenvalue weighted by molar-refractivity contribution is 6.10. The molecule has 1 fully saturated rings. The first-order valence-electron chi connectivity index (χ1n) is 6.65. The van der Waals surface area contributed by atoms with E-state index in [9.17, 15) is 22.8 Å². The van der Waals surface area contributed by atoms with Gasteiger partial charge >= 0.3 is 5.97 Å². The van der Waals surface area contributed by atoms with Gasteiger partial charge in [0, 0.05) is 31.7 Å². The number of carbonyl (C=O) groups excluding carboxylic acids is 1. The molecule has 0 amide bonds. The number of aliphatic carboxylic acids is 1. The van der Waals surface area contributed by atoms with Crippen molar-refractivity contribution in [1.29, 1.82) is 0 Å². The Hall–Kier alpha value is -2.09. The number of piperazine rings is 1. The van der Waals surface area contributed by atoms with Gasteiger partial charge in [-0.1, -0.05) is 0 Å². The zero-order valence-corrected chi connectivity index (χ0v) is 11.9. The van der Waals surface area contributed by atoms with Gasteiger partial charge in [0.15, 0.2) is 0 Å². The number of hydrogen-bond donors (Lipinski definition) is 1. The van der Waals surface area contributed by atoms with Crippen LogP contribution in [0, 0.1) is 11.6 Å². The number of carbonyl (C=O) groups is 2. The topological polar surface area (TPSA) is 60.9 Å². The summed E-state index contributed by atoms with van der Waals surface area (Å²) in [6, 6.07) is 1.35. The largest absolute Gasteiger partial charge is 0.479 e. The molecule has 0 aromatic heterocycles. The van der Waals surface area contributed by atoms with E-state index in [0.29, 0.717) is 38.3 Å². The molecule has 1 heterocycles. The first-order valence-corrected chi connectivity index (χ1v) is 6.65. The predicted molar refractivity (Wildman–Crippen MR) is 72.9 cm³/mol. The normalized spacial score (nSPS) is 17.4. The molecule has 8 heteroatoms. The van der Waals surface area contributed by atoms with E-state index < -0.39 is 35.1 Å². The van der Waals surface area contributed by atoms with E-state index in [-0.39, 0.29) is 5.69 Å². The summed E-state index contributed by atoms with van der Waals surface area (Å²) in [6.07, 6.45) is -2.84. The van der Waals surface area contributed by atoms with E-state index in [4.69, 9.17) is 5.11 Å². The van der Waals surface area contributed by atoms with Gasteiger partial charge in [0.25, 0.3) is 6.17 Å². The maximum Gasteiger partial charge on any atom is 0.346 e. The lowest BCUT2D eigenvalue weighted by Gasteiger charge is -2.34. The minimum absolute atomic E-state index is 0.282. The molecule has 120 valence electrons. The Morgan fingerprint density at radius 3 is 2.09 bits per heavy atom. The molecule has 5 nitrogen and oxygen atoms in total. The number of anilines is 1. The summed E-state index contributed by atoms with van der Waals surface area (Å²) in [4.78, 5) is 25.5. The van der Waals surface area contributed by atoms with Gasteiger partial charge in [-0.2, -0.15) is 0 Å². The Kier molecular flexibility index (Phi) is 4.70. The standard InChI is InChI=1S/C14H15F3N2O3/c1-18-2-4-19(5-3-18)12-9(15)6-8(7-10(12)16)13(20)11(17)14(21)22/h6-7,11H,2-5H2,1H3,(H,21,22). The second-order valence-corrected chi connectivity index (χ2v) is 5.14. The Balaban J connectivity index is 2.29. The predicted octanol–water partition coefficient (Wildman–Crippen LogP) is 1.32. The van der Waals surface area contributed by atoms with Gasteiger partial charge in [0.05, 0.1) is 0 Å². The van der Waals surface area contributed by atoms with Crippen molar-refractivity contribution in [3.63, 3.8) is 0 Å². The minimum atomic E-state index is -2.84. The lowest BCUT2D eigenvalue weighted by Crippen LogP contribution is -2.45. The van der Waals surface area contributed by atoms with Gasteiger partial charge in [-0.15, -0.1) is 0 Å². The van der Waals surface area contributed by atoms with E-state index in [1.807, 2.05) is 11.9 Å². The summed E-state index contributed by atoms with van der Waals surface area (Å²) in [5, 5.41) is 8.44. The zero-order chi connectivity index (χ0) is 16.4. The van der Waals surface area contributed by atoms with Crippen LogP contribution < -0.4 is 4.90 Å². The molecule has 1 saturated heterocycles. The highest BCUT2D eigenvalue weighted by atomic mass is 19.1. The molecule has 0 aliphatic carbocycles. The summed E-state index contributed by atoms with van der Waals surface area (Å²) in [5.41, 5.74) is -0.918. The number of carboxylic acids is 1.